The lowest BCUT2D eigenvalue weighted by Crippen LogP contribution is -2.27. The van der Waals surface area contributed by atoms with Crippen LogP contribution in [0.15, 0.2) is 77.2 Å². The largest absolute Gasteiger partial charge is 0.436 e. The Morgan fingerprint density at radius 2 is 1.61 bits per heavy atom. The van der Waals surface area contributed by atoms with Gasteiger partial charge in [-0.15, -0.1) is 0 Å². The molecule has 0 spiro atoms. The van der Waals surface area contributed by atoms with Crippen molar-refractivity contribution in [3.05, 3.63) is 89.6 Å². The molecular weight excluding hydrogens is 446 g/mol. The first-order chi connectivity index (χ1) is 17.3. The summed E-state index contributed by atoms with van der Waals surface area (Å²) >= 11 is 0. The Kier molecular flexibility index (Phi) is 7.58. The minimum atomic E-state index is 0.144. The molecule has 5 heteroatoms. The predicted octanol–water partition coefficient (Wildman–Crippen LogP) is 7.25. The van der Waals surface area contributed by atoms with Crippen LogP contribution in [0.3, 0.4) is 0 Å². The normalized spacial score (nSPS) is 12.9. The number of benzene rings is 3. The van der Waals surface area contributed by atoms with Gasteiger partial charge in [0.2, 0.25) is 12.3 Å². The van der Waals surface area contributed by atoms with Gasteiger partial charge in [-0.1, -0.05) is 51.1 Å². The molecule has 0 aliphatic carbocycles. The molecule has 5 nitrogen and oxygen atoms in total. The quantitative estimate of drug-likeness (QED) is 0.312. The zero-order chi connectivity index (χ0) is 25.7. The topological polar surface area (TPSA) is 58.4 Å². The number of rotatable bonds is 4. The number of hydrogen-bond donors (Lipinski definition) is 1. The van der Waals surface area contributed by atoms with Crippen molar-refractivity contribution in [3.8, 4) is 22.8 Å². The van der Waals surface area contributed by atoms with Crippen molar-refractivity contribution < 1.29 is 9.21 Å². The molecule has 0 unspecified atom stereocenters. The second-order valence-electron chi connectivity index (χ2n) is 10.1. The predicted molar refractivity (Wildman–Crippen MR) is 149 cm³/mol. The average Bonchev–Trinajstić information content (AvgIpc) is 3.30. The summed E-state index contributed by atoms with van der Waals surface area (Å²) in [7, 11) is 1.91. The third kappa shape index (κ3) is 5.68. The van der Waals surface area contributed by atoms with Gasteiger partial charge in [0.15, 0.2) is 5.76 Å². The molecule has 4 aromatic rings. The van der Waals surface area contributed by atoms with Crippen LogP contribution in [0.2, 0.25) is 0 Å². The van der Waals surface area contributed by atoms with Crippen LogP contribution >= 0.6 is 0 Å². The van der Waals surface area contributed by atoms with Gasteiger partial charge in [0, 0.05) is 36.1 Å². The number of carbonyl (C=O) groups excluding carboxylic acids is 1. The first-order valence-corrected chi connectivity index (χ1v) is 12.5. The number of amides is 1. The monoisotopic (exact) mass is 481 g/mol. The number of aromatic nitrogens is 1. The summed E-state index contributed by atoms with van der Waals surface area (Å²) in [6.45, 7) is 9.48. The molecular formula is C31H35N3O2. The maximum absolute atomic E-state index is 10.6. The fourth-order valence-electron chi connectivity index (χ4n) is 4.36. The zero-order valence-electron chi connectivity index (χ0n) is 21.8. The van der Waals surface area contributed by atoms with E-state index >= 15 is 0 Å². The first kappa shape index (κ1) is 25.2. The molecule has 0 fully saturated rings. The fraction of sp³-hybridized carbons (Fsp3) is 0.290. The highest BCUT2D eigenvalue weighted by Crippen LogP contribution is 2.31. The van der Waals surface area contributed by atoms with Gasteiger partial charge in [-0.3, -0.25) is 4.79 Å². The number of anilines is 2. The number of nitrogens with one attached hydrogen (secondary N) is 1. The van der Waals surface area contributed by atoms with Gasteiger partial charge in [0.1, 0.15) is 0 Å². The second-order valence-corrected chi connectivity index (χ2v) is 10.1. The van der Waals surface area contributed by atoms with E-state index in [1.165, 1.54) is 11.1 Å². The van der Waals surface area contributed by atoms with Crippen molar-refractivity contribution in [2.75, 3.05) is 23.8 Å². The summed E-state index contributed by atoms with van der Waals surface area (Å²) in [4.78, 5) is 17.0. The van der Waals surface area contributed by atoms with Crippen molar-refractivity contribution in [1.82, 2.24) is 4.98 Å². The van der Waals surface area contributed by atoms with Gasteiger partial charge in [-0.2, -0.15) is 0 Å². The Morgan fingerprint density at radius 3 is 2.25 bits per heavy atom. The van der Waals surface area contributed by atoms with E-state index in [4.69, 9.17) is 4.42 Å². The minimum Gasteiger partial charge on any atom is -0.436 e. The van der Waals surface area contributed by atoms with Crippen molar-refractivity contribution >= 4 is 17.8 Å². The number of para-hydroxylation sites is 1. The Hall–Kier alpha value is -3.86. The van der Waals surface area contributed by atoms with Crippen LogP contribution in [0.25, 0.3) is 22.8 Å². The summed E-state index contributed by atoms with van der Waals surface area (Å²) < 4.78 is 6.05. The summed E-state index contributed by atoms with van der Waals surface area (Å²) in [5.41, 5.74) is 7.84. The SMILES string of the molecule is CNc1ccc(-c2oc(-c3ccc(C(C)(C)C)cc3)nc2C)cc1.O=CN1CCCc2ccccc21. The maximum atomic E-state index is 10.6. The molecule has 186 valence electrons. The highest BCUT2D eigenvalue weighted by Gasteiger charge is 2.17. The number of carbonyl (C=O) groups is 1. The number of aryl methyl sites for hydroxylation is 2. The molecule has 0 bridgehead atoms. The van der Waals surface area contributed by atoms with Crippen LogP contribution in [0, 0.1) is 6.92 Å². The Morgan fingerprint density at radius 1 is 0.944 bits per heavy atom. The molecule has 1 aliphatic heterocycles. The van der Waals surface area contributed by atoms with Crippen LogP contribution in [-0.4, -0.2) is 25.0 Å². The number of fused-ring (bicyclic) bond motifs is 1. The lowest BCUT2D eigenvalue weighted by Gasteiger charge is -2.25. The van der Waals surface area contributed by atoms with Gasteiger partial charge in [0.25, 0.3) is 0 Å². The zero-order valence-corrected chi connectivity index (χ0v) is 21.8. The highest BCUT2D eigenvalue weighted by atomic mass is 16.4. The maximum Gasteiger partial charge on any atom is 0.226 e. The van der Waals surface area contributed by atoms with E-state index in [-0.39, 0.29) is 5.41 Å². The van der Waals surface area contributed by atoms with E-state index in [2.05, 4.69) is 61.4 Å². The van der Waals surface area contributed by atoms with E-state index in [0.29, 0.717) is 5.89 Å². The lowest BCUT2D eigenvalue weighted by atomic mass is 9.87. The number of hydrogen-bond acceptors (Lipinski definition) is 4. The minimum absolute atomic E-state index is 0.144. The second kappa shape index (κ2) is 10.8. The molecule has 1 N–H and O–H groups in total. The molecule has 1 amide bonds. The molecule has 1 aromatic heterocycles. The summed E-state index contributed by atoms with van der Waals surface area (Å²) in [6.07, 6.45) is 3.09. The summed E-state index contributed by atoms with van der Waals surface area (Å²) in [6, 6.07) is 24.7. The Bertz CT molecular complexity index is 1300. The third-order valence-electron chi connectivity index (χ3n) is 6.50. The standard InChI is InChI=1S/C21H24N2O.C10H11NO/c1-14-19(15-8-12-18(22-5)13-9-15)24-20(23-14)16-6-10-17(11-7-16)21(2,3)4;12-8-11-7-3-5-9-4-1-2-6-10(9)11/h6-13,22H,1-5H3;1-2,4,6,8H,3,5,7H2. The molecule has 36 heavy (non-hydrogen) atoms. The van der Waals surface area contributed by atoms with E-state index < -0.39 is 0 Å². The van der Waals surface area contributed by atoms with Crippen molar-refractivity contribution in [2.24, 2.45) is 0 Å². The van der Waals surface area contributed by atoms with E-state index in [1.54, 1.807) is 4.90 Å². The molecule has 2 heterocycles. The van der Waals surface area contributed by atoms with Gasteiger partial charge in [0.05, 0.1) is 5.69 Å². The molecule has 1 aliphatic rings. The molecule has 0 radical (unpaired) electrons. The smallest absolute Gasteiger partial charge is 0.226 e. The molecule has 0 atom stereocenters. The van der Waals surface area contributed by atoms with Crippen LogP contribution in [0.4, 0.5) is 11.4 Å². The third-order valence-corrected chi connectivity index (χ3v) is 6.50. The van der Waals surface area contributed by atoms with Crippen LogP contribution in [0.5, 0.6) is 0 Å². The Balaban J connectivity index is 0.000000211. The van der Waals surface area contributed by atoms with Crippen molar-refractivity contribution in [1.29, 1.82) is 0 Å². The summed E-state index contributed by atoms with van der Waals surface area (Å²) in [5, 5.41) is 3.12. The molecule has 0 saturated heterocycles. The van der Waals surface area contributed by atoms with E-state index in [9.17, 15) is 4.79 Å². The highest BCUT2D eigenvalue weighted by molar-refractivity contribution is 5.77. The van der Waals surface area contributed by atoms with Crippen LogP contribution in [-0.2, 0) is 16.6 Å². The average molecular weight is 482 g/mol. The van der Waals surface area contributed by atoms with E-state index in [1.807, 2.05) is 56.4 Å². The van der Waals surface area contributed by atoms with Crippen molar-refractivity contribution in [2.45, 2.75) is 46.0 Å². The lowest BCUT2D eigenvalue weighted by molar-refractivity contribution is -0.107. The molecule has 5 rings (SSSR count). The first-order valence-electron chi connectivity index (χ1n) is 12.5. The molecule has 3 aromatic carbocycles. The van der Waals surface area contributed by atoms with Crippen molar-refractivity contribution in [3.63, 3.8) is 0 Å². The van der Waals surface area contributed by atoms with E-state index in [0.717, 1.165) is 59.8 Å². The van der Waals surface area contributed by atoms with Gasteiger partial charge in [-0.05, 0) is 78.8 Å². The Labute approximate surface area is 214 Å². The van der Waals surface area contributed by atoms with Gasteiger partial charge < -0.3 is 14.6 Å². The van der Waals surface area contributed by atoms with Gasteiger partial charge >= 0.3 is 0 Å². The van der Waals surface area contributed by atoms with Crippen LogP contribution in [0.1, 0.15) is 44.0 Å². The molecule has 0 saturated carbocycles. The van der Waals surface area contributed by atoms with Gasteiger partial charge in [-0.25, -0.2) is 4.98 Å². The number of oxazole rings is 1. The summed E-state index contributed by atoms with van der Waals surface area (Å²) in [5.74, 6) is 1.49. The fourth-order valence-corrected chi connectivity index (χ4v) is 4.36. The number of nitrogens with zero attached hydrogens (tertiary/aromatic N) is 2. The van der Waals surface area contributed by atoms with Crippen LogP contribution < -0.4 is 10.2 Å².